The van der Waals surface area contributed by atoms with Crippen LogP contribution in [-0.4, -0.2) is 44.6 Å². The number of nitrogens with one attached hydrogen (secondary N) is 1. The van der Waals surface area contributed by atoms with Crippen molar-refractivity contribution in [3.05, 3.63) is 35.6 Å². The minimum absolute atomic E-state index is 0.0579. The van der Waals surface area contributed by atoms with Gasteiger partial charge in [-0.25, -0.2) is 15.0 Å². The van der Waals surface area contributed by atoms with Gasteiger partial charge < -0.3 is 14.8 Å². The normalized spacial score (nSPS) is 18.3. The number of hydrogen-bond acceptors (Lipinski definition) is 5. The smallest absolute Gasteiger partial charge is 0.271 e. The maximum Gasteiger partial charge on any atom is 0.271 e. The van der Waals surface area contributed by atoms with Crippen molar-refractivity contribution >= 4 is 23.5 Å². The number of rotatable bonds is 3. The summed E-state index contributed by atoms with van der Waals surface area (Å²) in [6, 6.07) is 0.0579. The van der Waals surface area contributed by atoms with E-state index in [1.165, 1.54) is 0 Å². The molecule has 1 atom stereocenters. The minimum atomic E-state index is -0.149. The van der Waals surface area contributed by atoms with Gasteiger partial charge in [0.05, 0.1) is 23.7 Å². The van der Waals surface area contributed by atoms with Crippen molar-refractivity contribution in [2.45, 2.75) is 18.9 Å². The van der Waals surface area contributed by atoms with Crippen LogP contribution in [0.1, 0.15) is 23.3 Å². The van der Waals surface area contributed by atoms with E-state index >= 15 is 0 Å². The topological polar surface area (TPSA) is 75.9 Å². The largest absolute Gasteiger partial charge is 0.346 e. The molecule has 1 N–H and O–H groups in total. The van der Waals surface area contributed by atoms with Crippen molar-refractivity contribution < 1.29 is 4.79 Å². The Morgan fingerprint density at radius 1 is 1.36 bits per heavy atom. The molecule has 22 heavy (non-hydrogen) atoms. The van der Waals surface area contributed by atoms with Gasteiger partial charge in [0.1, 0.15) is 5.69 Å². The molecule has 1 aliphatic rings. The lowest BCUT2D eigenvalue weighted by Gasteiger charge is -2.32. The number of halogens is 1. The number of aromatic nitrogens is 4. The molecule has 2 aromatic rings. The van der Waals surface area contributed by atoms with Gasteiger partial charge in [-0.2, -0.15) is 0 Å². The van der Waals surface area contributed by atoms with E-state index < -0.39 is 0 Å². The molecule has 1 unspecified atom stereocenters. The van der Waals surface area contributed by atoms with Crippen molar-refractivity contribution in [3.8, 4) is 0 Å². The van der Waals surface area contributed by atoms with Crippen molar-refractivity contribution in [2.75, 3.05) is 18.0 Å². The molecule has 116 valence electrons. The number of hydrogen-bond donors (Lipinski definition) is 1. The molecule has 0 saturated carbocycles. The van der Waals surface area contributed by atoms with Crippen LogP contribution >= 0.6 is 11.6 Å². The lowest BCUT2D eigenvalue weighted by atomic mass is 10.1. The Balaban J connectivity index is 1.63. The lowest BCUT2D eigenvalue weighted by molar-refractivity contribution is 0.0928. The fraction of sp³-hybridized carbons (Fsp3) is 0.429. The quantitative estimate of drug-likeness (QED) is 0.921. The number of imidazole rings is 1. The Kier molecular flexibility index (Phi) is 4.24. The van der Waals surface area contributed by atoms with Gasteiger partial charge >= 0.3 is 0 Å². The van der Waals surface area contributed by atoms with Crippen LogP contribution in [0.25, 0.3) is 0 Å². The van der Waals surface area contributed by atoms with Crippen LogP contribution in [0.2, 0.25) is 5.02 Å². The number of carbonyl (C=O) groups excluding carboxylic acids is 1. The van der Waals surface area contributed by atoms with E-state index in [0.717, 1.165) is 19.4 Å². The summed E-state index contributed by atoms with van der Waals surface area (Å²) in [6.07, 6.45) is 8.39. The SMILES string of the molecule is Cn1cnc(C(=O)NC2CCCN(c3ncc(Cl)cn3)C2)c1. The third-order valence-electron chi connectivity index (χ3n) is 3.58. The number of amides is 1. The molecule has 0 bridgehead atoms. The zero-order valence-corrected chi connectivity index (χ0v) is 13.0. The van der Waals surface area contributed by atoms with E-state index in [1.807, 2.05) is 7.05 Å². The third kappa shape index (κ3) is 3.36. The number of carbonyl (C=O) groups is 1. The molecular formula is C14H17ClN6O. The molecule has 3 rings (SSSR count). The second kappa shape index (κ2) is 6.31. The number of piperidine rings is 1. The maximum absolute atomic E-state index is 12.2. The van der Waals surface area contributed by atoms with Crippen molar-refractivity contribution in [3.63, 3.8) is 0 Å². The molecule has 1 fully saturated rings. The van der Waals surface area contributed by atoms with Gasteiger partial charge in [0.25, 0.3) is 5.91 Å². The monoisotopic (exact) mass is 320 g/mol. The molecule has 0 radical (unpaired) electrons. The Labute approximate surface area is 133 Å². The minimum Gasteiger partial charge on any atom is -0.346 e. The molecule has 8 heteroatoms. The van der Waals surface area contributed by atoms with E-state index in [4.69, 9.17) is 11.6 Å². The molecule has 1 saturated heterocycles. The number of anilines is 1. The highest BCUT2D eigenvalue weighted by molar-refractivity contribution is 6.30. The fourth-order valence-electron chi connectivity index (χ4n) is 2.53. The third-order valence-corrected chi connectivity index (χ3v) is 3.78. The van der Waals surface area contributed by atoms with E-state index in [2.05, 4.69) is 25.2 Å². The summed E-state index contributed by atoms with van der Waals surface area (Å²) in [4.78, 5) is 26.7. The highest BCUT2D eigenvalue weighted by atomic mass is 35.5. The molecule has 0 aromatic carbocycles. The zero-order valence-electron chi connectivity index (χ0n) is 12.2. The molecular weight excluding hydrogens is 304 g/mol. The lowest BCUT2D eigenvalue weighted by Crippen LogP contribution is -2.48. The molecule has 7 nitrogen and oxygen atoms in total. The average Bonchev–Trinajstić information content (AvgIpc) is 2.95. The summed E-state index contributed by atoms with van der Waals surface area (Å²) < 4.78 is 1.75. The summed E-state index contributed by atoms with van der Waals surface area (Å²) in [7, 11) is 1.84. The zero-order chi connectivity index (χ0) is 15.5. The molecule has 1 aliphatic heterocycles. The van der Waals surface area contributed by atoms with Gasteiger partial charge in [0, 0.05) is 32.4 Å². The second-order valence-electron chi connectivity index (χ2n) is 5.38. The van der Waals surface area contributed by atoms with Crippen LogP contribution in [0.5, 0.6) is 0 Å². The van der Waals surface area contributed by atoms with E-state index in [-0.39, 0.29) is 11.9 Å². The summed E-state index contributed by atoms with van der Waals surface area (Å²) in [6.45, 7) is 1.55. The second-order valence-corrected chi connectivity index (χ2v) is 5.82. The number of nitrogens with zero attached hydrogens (tertiary/aromatic N) is 5. The standard InChI is InChI=1S/C14H17ClN6O/c1-20-8-12(18-9-20)13(22)19-11-3-2-4-21(7-11)14-16-5-10(15)6-17-14/h5-6,8-9,11H,2-4,7H2,1H3,(H,19,22). The Morgan fingerprint density at radius 2 is 2.14 bits per heavy atom. The van der Waals surface area contributed by atoms with Crippen LogP contribution in [0, 0.1) is 0 Å². The first-order chi connectivity index (χ1) is 10.6. The Hall–Kier alpha value is -2.15. The summed E-state index contributed by atoms with van der Waals surface area (Å²) in [5.41, 5.74) is 0.433. The molecule has 2 aromatic heterocycles. The van der Waals surface area contributed by atoms with Gasteiger partial charge in [-0.15, -0.1) is 0 Å². The maximum atomic E-state index is 12.2. The van der Waals surface area contributed by atoms with Gasteiger partial charge in [-0.3, -0.25) is 4.79 Å². The van der Waals surface area contributed by atoms with Crippen molar-refractivity contribution in [2.24, 2.45) is 7.05 Å². The highest BCUT2D eigenvalue weighted by Gasteiger charge is 2.24. The average molecular weight is 321 g/mol. The Morgan fingerprint density at radius 3 is 2.82 bits per heavy atom. The summed E-state index contributed by atoms with van der Waals surface area (Å²) in [5.74, 6) is 0.491. The van der Waals surface area contributed by atoms with Gasteiger partial charge in [0.15, 0.2) is 0 Å². The first-order valence-electron chi connectivity index (χ1n) is 7.13. The molecule has 0 spiro atoms. The van der Waals surface area contributed by atoms with Crippen LogP contribution < -0.4 is 10.2 Å². The van der Waals surface area contributed by atoms with Crippen molar-refractivity contribution in [1.29, 1.82) is 0 Å². The van der Waals surface area contributed by atoms with Crippen molar-refractivity contribution in [1.82, 2.24) is 24.8 Å². The summed E-state index contributed by atoms with van der Waals surface area (Å²) in [5, 5.41) is 3.54. The highest BCUT2D eigenvalue weighted by Crippen LogP contribution is 2.17. The Bertz CT molecular complexity index is 656. The number of aryl methyl sites for hydroxylation is 1. The van der Waals surface area contributed by atoms with Gasteiger partial charge in [0.2, 0.25) is 5.95 Å². The van der Waals surface area contributed by atoms with E-state index in [0.29, 0.717) is 23.2 Å². The van der Waals surface area contributed by atoms with E-state index in [9.17, 15) is 4.79 Å². The van der Waals surface area contributed by atoms with Crippen LogP contribution in [-0.2, 0) is 7.05 Å². The van der Waals surface area contributed by atoms with Crippen LogP contribution in [0.3, 0.4) is 0 Å². The summed E-state index contributed by atoms with van der Waals surface area (Å²) >= 11 is 5.81. The van der Waals surface area contributed by atoms with Gasteiger partial charge in [-0.05, 0) is 12.8 Å². The first kappa shape index (κ1) is 14.8. The van der Waals surface area contributed by atoms with Crippen LogP contribution in [0.15, 0.2) is 24.9 Å². The fourth-order valence-corrected chi connectivity index (χ4v) is 2.63. The molecule has 3 heterocycles. The van der Waals surface area contributed by atoms with E-state index in [1.54, 1.807) is 29.5 Å². The van der Waals surface area contributed by atoms with Crippen LogP contribution in [0.4, 0.5) is 5.95 Å². The van der Waals surface area contributed by atoms with Gasteiger partial charge in [-0.1, -0.05) is 11.6 Å². The first-order valence-corrected chi connectivity index (χ1v) is 7.51. The molecule has 1 amide bonds. The molecule has 0 aliphatic carbocycles. The predicted molar refractivity (Wildman–Crippen MR) is 83.0 cm³/mol. The predicted octanol–water partition coefficient (Wildman–Crippen LogP) is 1.26.